The summed E-state index contributed by atoms with van der Waals surface area (Å²) in [5.74, 6) is 0.627. The third-order valence-corrected chi connectivity index (χ3v) is 4.42. The molecule has 4 heteroatoms. The topological polar surface area (TPSA) is 39.1 Å². The molecule has 1 fully saturated rings. The van der Waals surface area contributed by atoms with E-state index in [2.05, 4.69) is 39.1 Å². The normalized spacial score (nSPS) is 17.4. The fraction of sp³-hybridized carbons (Fsp3) is 0.562. The Bertz CT molecular complexity index is 475. The van der Waals surface area contributed by atoms with Gasteiger partial charge in [-0.2, -0.15) is 5.26 Å². The van der Waals surface area contributed by atoms with Crippen molar-refractivity contribution in [3.8, 4) is 6.07 Å². The Morgan fingerprint density at radius 3 is 2.75 bits per heavy atom. The van der Waals surface area contributed by atoms with E-state index in [9.17, 15) is 0 Å². The Hall–Kier alpha value is -1.05. The number of nitrogens with one attached hydrogen (secondary N) is 1. The molecule has 1 aliphatic rings. The van der Waals surface area contributed by atoms with E-state index in [4.69, 9.17) is 5.26 Å². The molecule has 108 valence electrons. The Morgan fingerprint density at radius 2 is 2.10 bits per heavy atom. The minimum absolute atomic E-state index is 0.627. The van der Waals surface area contributed by atoms with Gasteiger partial charge in [0, 0.05) is 23.2 Å². The molecule has 0 bridgehead atoms. The molecule has 1 N–H and O–H groups in total. The molecule has 1 aromatic rings. The van der Waals surface area contributed by atoms with Crippen molar-refractivity contribution in [2.45, 2.75) is 26.2 Å². The molecule has 0 saturated carbocycles. The summed E-state index contributed by atoms with van der Waals surface area (Å²) in [6.45, 7) is 6.94. The van der Waals surface area contributed by atoms with Crippen molar-refractivity contribution in [1.82, 2.24) is 4.90 Å². The standard InChI is InChI=1S/C16H22BrN3/c1-13(12-20-7-3-2-4-8-20)11-19-15-6-5-14(10-18)16(17)9-15/h5-6,9,13,19H,2-4,7-8,11-12H2,1H3. The largest absolute Gasteiger partial charge is 0.385 e. The minimum Gasteiger partial charge on any atom is -0.385 e. The highest BCUT2D eigenvalue weighted by molar-refractivity contribution is 9.10. The van der Waals surface area contributed by atoms with E-state index in [-0.39, 0.29) is 0 Å². The van der Waals surface area contributed by atoms with Gasteiger partial charge in [0.1, 0.15) is 6.07 Å². The van der Waals surface area contributed by atoms with Gasteiger partial charge in [0.05, 0.1) is 5.56 Å². The lowest BCUT2D eigenvalue weighted by molar-refractivity contribution is 0.204. The molecule has 0 aromatic heterocycles. The lowest BCUT2D eigenvalue weighted by Crippen LogP contribution is -2.35. The van der Waals surface area contributed by atoms with Gasteiger partial charge in [-0.3, -0.25) is 0 Å². The predicted molar refractivity (Wildman–Crippen MR) is 86.8 cm³/mol. The maximum Gasteiger partial charge on any atom is 0.100 e. The van der Waals surface area contributed by atoms with Crippen LogP contribution in [0.1, 0.15) is 31.7 Å². The molecule has 1 atom stereocenters. The molecule has 1 saturated heterocycles. The molecule has 0 amide bonds. The number of halogens is 1. The van der Waals surface area contributed by atoms with Crippen LogP contribution in [0.5, 0.6) is 0 Å². The van der Waals surface area contributed by atoms with Gasteiger partial charge in [0.25, 0.3) is 0 Å². The number of nitriles is 1. The summed E-state index contributed by atoms with van der Waals surface area (Å²) < 4.78 is 0.855. The fourth-order valence-electron chi connectivity index (χ4n) is 2.66. The smallest absolute Gasteiger partial charge is 0.100 e. The van der Waals surface area contributed by atoms with Crippen molar-refractivity contribution in [3.63, 3.8) is 0 Å². The predicted octanol–water partition coefficient (Wildman–Crippen LogP) is 3.85. The van der Waals surface area contributed by atoms with Gasteiger partial charge in [0.15, 0.2) is 0 Å². The van der Waals surface area contributed by atoms with Gasteiger partial charge >= 0.3 is 0 Å². The number of hydrogen-bond acceptors (Lipinski definition) is 3. The summed E-state index contributed by atoms with van der Waals surface area (Å²) >= 11 is 3.42. The average molecular weight is 336 g/mol. The number of rotatable bonds is 5. The number of nitrogens with zero attached hydrogens (tertiary/aromatic N) is 2. The third kappa shape index (κ3) is 4.50. The lowest BCUT2D eigenvalue weighted by atomic mass is 10.1. The van der Waals surface area contributed by atoms with Gasteiger partial charge in [-0.25, -0.2) is 0 Å². The van der Waals surface area contributed by atoms with Crippen molar-refractivity contribution in [1.29, 1.82) is 5.26 Å². The number of hydrogen-bond donors (Lipinski definition) is 1. The maximum absolute atomic E-state index is 8.90. The summed E-state index contributed by atoms with van der Waals surface area (Å²) in [5.41, 5.74) is 1.75. The van der Waals surface area contributed by atoms with Gasteiger partial charge in [0.2, 0.25) is 0 Å². The molecule has 0 aliphatic carbocycles. The second kappa shape index (κ2) is 7.66. The number of benzene rings is 1. The molecule has 1 aromatic carbocycles. The van der Waals surface area contributed by atoms with Crippen LogP contribution in [0.2, 0.25) is 0 Å². The van der Waals surface area contributed by atoms with Crippen molar-refractivity contribution in [2.24, 2.45) is 5.92 Å². The van der Waals surface area contributed by atoms with E-state index < -0.39 is 0 Å². The molecular formula is C16H22BrN3. The molecule has 1 unspecified atom stereocenters. The molecule has 1 heterocycles. The second-order valence-corrected chi connectivity index (χ2v) is 6.51. The summed E-state index contributed by atoms with van der Waals surface area (Å²) in [6, 6.07) is 7.96. The van der Waals surface area contributed by atoms with Crippen LogP contribution >= 0.6 is 15.9 Å². The second-order valence-electron chi connectivity index (χ2n) is 5.65. The van der Waals surface area contributed by atoms with Gasteiger partial charge in [-0.1, -0.05) is 13.3 Å². The van der Waals surface area contributed by atoms with E-state index in [0.717, 1.165) is 16.7 Å². The summed E-state index contributed by atoms with van der Waals surface area (Å²) in [7, 11) is 0. The molecule has 0 radical (unpaired) electrons. The van der Waals surface area contributed by atoms with E-state index in [1.165, 1.54) is 38.9 Å². The third-order valence-electron chi connectivity index (χ3n) is 3.76. The number of anilines is 1. The van der Waals surface area contributed by atoms with Crippen LogP contribution < -0.4 is 5.32 Å². The monoisotopic (exact) mass is 335 g/mol. The van der Waals surface area contributed by atoms with Crippen molar-refractivity contribution < 1.29 is 0 Å². The Morgan fingerprint density at radius 1 is 1.35 bits per heavy atom. The van der Waals surface area contributed by atoms with E-state index in [1.807, 2.05) is 18.2 Å². The molecule has 0 spiro atoms. The van der Waals surface area contributed by atoms with Gasteiger partial charge in [-0.05, 0) is 66.0 Å². The van der Waals surface area contributed by atoms with Crippen LogP contribution in [0.15, 0.2) is 22.7 Å². The zero-order valence-electron chi connectivity index (χ0n) is 12.0. The van der Waals surface area contributed by atoms with Crippen LogP contribution in [-0.4, -0.2) is 31.1 Å². The molecule has 20 heavy (non-hydrogen) atoms. The summed E-state index contributed by atoms with van der Waals surface area (Å²) in [5, 5.41) is 12.4. The highest BCUT2D eigenvalue weighted by atomic mass is 79.9. The maximum atomic E-state index is 8.90. The minimum atomic E-state index is 0.627. The quantitative estimate of drug-likeness (QED) is 0.888. The van der Waals surface area contributed by atoms with Crippen molar-refractivity contribution in [3.05, 3.63) is 28.2 Å². The Balaban J connectivity index is 1.79. The van der Waals surface area contributed by atoms with Crippen molar-refractivity contribution in [2.75, 3.05) is 31.5 Å². The van der Waals surface area contributed by atoms with Crippen LogP contribution in [0.25, 0.3) is 0 Å². The Labute approximate surface area is 130 Å². The van der Waals surface area contributed by atoms with Gasteiger partial charge in [-0.15, -0.1) is 0 Å². The summed E-state index contributed by atoms with van der Waals surface area (Å²) in [4.78, 5) is 2.57. The first-order valence-electron chi connectivity index (χ1n) is 7.35. The highest BCUT2D eigenvalue weighted by Gasteiger charge is 2.13. The van der Waals surface area contributed by atoms with E-state index >= 15 is 0 Å². The number of likely N-dealkylation sites (tertiary alicyclic amines) is 1. The lowest BCUT2D eigenvalue weighted by Gasteiger charge is -2.29. The SMILES string of the molecule is CC(CNc1ccc(C#N)c(Br)c1)CN1CCCCC1. The molecule has 1 aliphatic heterocycles. The molecule has 2 rings (SSSR count). The molecule has 3 nitrogen and oxygen atoms in total. The zero-order chi connectivity index (χ0) is 14.4. The van der Waals surface area contributed by atoms with Crippen LogP contribution in [0.3, 0.4) is 0 Å². The van der Waals surface area contributed by atoms with Crippen molar-refractivity contribution >= 4 is 21.6 Å². The van der Waals surface area contributed by atoms with Gasteiger partial charge < -0.3 is 10.2 Å². The highest BCUT2D eigenvalue weighted by Crippen LogP contribution is 2.21. The van der Waals surface area contributed by atoms with Crippen LogP contribution in [0.4, 0.5) is 5.69 Å². The molecular weight excluding hydrogens is 314 g/mol. The summed E-state index contributed by atoms with van der Waals surface area (Å²) in [6.07, 6.45) is 4.09. The first-order chi connectivity index (χ1) is 9.69. The van der Waals surface area contributed by atoms with E-state index in [1.54, 1.807) is 0 Å². The van der Waals surface area contributed by atoms with Crippen LogP contribution in [-0.2, 0) is 0 Å². The van der Waals surface area contributed by atoms with E-state index in [0.29, 0.717) is 11.5 Å². The first kappa shape index (κ1) is 15.3. The first-order valence-corrected chi connectivity index (χ1v) is 8.14. The zero-order valence-corrected chi connectivity index (χ0v) is 13.6. The average Bonchev–Trinajstić information content (AvgIpc) is 2.46. The number of piperidine rings is 1. The van der Waals surface area contributed by atoms with Crippen LogP contribution in [0, 0.1) is 17.2 Å². The Kier molecular flexibility index (Phi) is 5.87. The fourth-order valence-corrected chi connectivity index (χ4v) is 3.12.